The zero-order chi connectivity index (χ0) is 22.6. The summed E-state index contributed by atoms with van der Waals surface area (Å²) in [5.41, 5.74) is 0.0756. The monoisotopic (exact) mass is 429 g/mol. The molecule has 1 unspecified atom stereocenters. The van der Waals surface area contributed by atoms with Crippen molar-refractivity contribution in [2.24, 2.45) is 0 Å². The number of carbonyl (C=O) groups excluding carboxylic acids is 2. The molecular formula is C20H23N5O6. The Morgan fingerprint density at radius 2 is 1.94 bits per heavy atom. The van der Waals surface area contributed by atoms with Gasteiger partial charge in [-0.1, -0.05) is 18.2 Å². The van der Waals surface area contributed by atoms with E-state index in [4.69, 9.17) is 5.11 Å². The van der Waals surface area contributed by atoms with Crippen molar-refractivity contribution in [1.29, 1.82) is 0 Å². The first-order chi connectivity index (χ1) is 14.8. The SMILES string of the molecule is O=C(O)CC(NC(=O)CNC(=O)CCCNc1ccccn1)c1cccc([N+](=O)[O-])c1. The van der Waals surface area contributed by atoms with Gasteiger partial charge in [0.05, 0.1) is 23.9 Å². The van der Waals surface area contributed by atoms with Crippen molar-refractivity contribution in [1.82, 2.24) is 15.6 Å². The Kier molecular flexibility index (Phi) is 8.90. The second-order valence-corrected chi connectivity index (χ2v) is 6.59. The average Bonchev–Trinajstić information content (AvgIpc) is 2.75. The fraction of sp³-hybridized carbons (Fsp3) is 0.300. The summed E-state index contributed by atoms with van der Waals surface area (Å²) in [4.78, 5) is 49.6. The molecule has 0 aliphatic heterocycles. The zero-order valence-electron chi connectivity index (χ0n) is 16.6. The minimum absolute atomic E-state index is 0.191. The number of nitro groups is 1. The zero-order valence-corrected chi connectivity index (χ0v) is 16.6. The number of nitro benzene ring substituents is 1. The summed E-state index contributed by atoms with van der Waals surface area (Å²) < 4.78 is 0. The summed E-state index contributed by atoms with van der Waals surface area (Å²) in [7, 11) is 0. The second-order valence-electron chi connectivity index (χ2n) is 6.59. The lowest BCUT2D eigenvalue weighted by Gasteiger charge is -2.17. The molecule has 0 bridgehead atoms. The molecule has 0 saturated carbocycles. The molecule has 2 rings (SSSR count). The van der Waals surface area contributed by atoms with Gasteiger partial charge < -0.3 is 21.1 Å². The van der Waals surface area contributed by atoms with Gasteiger partial charge in [0.1, 0.15) is 5.82 Å². The van der Waals surface area contributed by atoms with Crippen LogP contribution in [0.3, 0.4) is 0 Å². The van der Waals surface area contributed by atoms with Gasteiger partial charge in [-0.2, -0.15) is 0 Å². The minimum atomic E-state index is -1.18. The van der Waals surface area contributed by atoms with Crippen LogP contribution in [-0.2, 0) is 14.4 Å². The smallest absolute Gasteiger partial charge is 0.305 e. The molecule has 0 radical (unpaired) electrons. The molecule has 164 valence electrons. The van der Waals surface area contributed by atoms with Crippen LogP contribution in [0.4, 0.5) is 11.5 Å². The Bertz CT molecular complexity index is 921. The number of anilines is 1. The molecule has 2 aromatic rings. The Morgan fingerprint density at radius 1 is 1.13 bits per heavy atom. The van der Waals surface area contributed by atoms with Crippen molar-refractivity contribution >= 4 is 29.3 Å². The highest BCUT2D eigenvalue weighted by Gasteiger charge is 2.20. The second kappa shape index (κ2) is 11.9. The van der Waals surface area contributed by atoms with E-state index < -0.39 is 29.3 Å². The number of carboxylic acid groups (broad SMARTS) is 1. The molecule has 1 atom stereocenters. The number of nitrogens with zero attached hydrogens (tertiary/aromatic N) is 2. The summed E-state index contributed by atoms with van der Waals surface area (Å²) in [6, 6.07) is 9.86. The lowest BCUT2D eigenvalue weighted by Crippen LogP contribution is -2.39. The van der Waals surface area contributed by atoms with Gasteiger partial charge in [0.25, 0.3) is 5.69 Å². The number of hydrogen-bond donors (Lipinski definition) is 4. The number of amides is 2. The predicted molar refractivity (Wildman–Crippen MR) is 111 cm³/mol. The molecule has 0 fully saturated rings. The first kappa shape index (κ1) is 23.3. The van der Waals surface area contributed by atoms with Crippen LogP contribution in [0.5, 0.6) is 0 Å². The average molecular weight is 429 g/mol. The van der Waals surface area contributed by atoms with E-state index in [-0.39, 0.29) is 30.1 Å². The minimum Gasteiger partial charge on any atom is -0.481 e. The lowest BCUT2D eigenvalue weighted by atomic mass is 10.0. The highest BCUT2D eigenvalue weighted by molar-refractivity contribution is 5.85. The summed E-state index contributed by atoms with van der Waals surface area (Å²) in [5, 5.41) is 28.1. The van der Waals surface area contributed by atoms with E-state index in [1.807, 2.05) is 6.07 Å². The number of pyridine rings is 1. The van der Waals surface area contributed by atoms with Gasteiger partial charge in [0.15, 0.2) is 0 Å². The lowest BCUT2D eigenvalue weighted by molar-refractivity contribution is -0.384. The van der Waals surface area contributed by atoms with Crippen molar-refractivity contribution in [3.63, 3.8) is 0 Å². The molecule has 1 aromatic carbocycles. The van der Waals surface area contributed by atoms with Crippen LogP contribution in [0.1, 0.15) is 30.9 Å². The van der Waals surface area contributed by atoms with Gasteiger partial charge in [-0.25, -0.2) is 4.98 Å². The quantitative estimate of drug-likeness (QED) is 0.225. The van der Waals surface area contributed by atoms with E-state index in [0.29, 0.717) is 18.8 Å². The topological polar surface area (TPSA) is 164 Å². The van der Waals surface area contributed by atoms with E-state index in [0.717, 1.165) is 0 Å². The number of non-ortho nitro benzene ring substituents is 1. The maximum absolute atomic E-state index is 12.2. The Morgan fingerprint density at radius 3 is 2.61 bits per heavy atom. The first-order valence-corrected chi connectivity index (χ1v) is 9.52. The number of benzene rings is 1. The Balaban J connectivity index is 1.79. The maximum atomic E-state index is 12.2. The third kappa shape index (κ3) is 8.48. The molecule has 4 N–H and O–H groups in total. The Hall–Kier alpha value is -4.02. The van der Waals surface area contributed by atoms with Crippen LogP contribution in [0.2, 0.25) is 0 Å². The van der Waals surface area contributed by atoms with E-state index in [1.165, 1.54) is 24.3 Å². The third-order valence-electron chi connectivity index (χ3n) is 4.20. The van der Waals surface area contributed by atoms with Crippen LogP contribution in [-0.4, -0.2) is 45.9 Å². The summed E-state index contributed by atoms with van der Waals surface area (Å²) in [6.07, 6.45) is 1.91. The van der Waals surface area contributed by atoms with Crippen molar-refractivity contribution in [3.05, 3.63) is 64.3 Å². The highest BCUT2D eigenvalue weighted by Crippen LogP contribution is 2.21. The summed E-state index contributed by atoms with van der Waals surface area (Å²) in [6.45, 7) is 0.196. The van der Waals surface area contributed by atoms with Gasteiger partial charge >= 0.3 is 5.97 Å². The molecule has 0 spiro atoms. The number of aliphatic carboxylic acids is 1. The number of carbonyl (C=O) groups is 3. The van der Waals surface area contributed by atoms with Crippen molar-refractivity contribution in [3.8, 4) is 0 Å². The molecule has 31 heavy (non-hydrogen) atoms. The molecule has 11 heteroatoms. The maximum Gasteiger partial charge on any atom is 0.305 e. The van der Waals surface area contributed by atoms with E-state index in [1.54, 1.807) is 18.3 Å². The van der Waals surface area contributed by atoms with Crippen LogP contribution in [0.15, 0.2) is 48.7 Å². The standard InChI is InChI=1S/C20H23N5O6/c26-18(8-4-10-22-17-7-1-2-9-21-17)23-13-19(27)24-16(12-20(28)29)14-5-3-6-15(11-14)25(30)31/h1-3,5-7,9,11,16H,4,8,10,12-13H2,(H,21,22)(H,23,26)(H,24,27)(H,28,29). The summed E-state index contributed by atoms with van der Waals surface area (Å²) >= 11 is 0. The summed E-state index contributed by atoms with van der Waals surface area (Å²) in [5.74, 6) is -1.41. The van der Waals surface area contributed by atoms with Gasteiger partial charge in [0, 0.05) is 31.3 Å². The first-order valence-electron chi connectivity index (χ1n) is 9.52. The van der Waals surface area contributed by atoms with E-state index in [9.17, 15) is 24.5 Å². The van der Waals surface area contributed by atoms with Gasteiger partial charge in [-0.3, -0.25) is 24.5 Å². The van der Waals surface area contributed by atoms with Gasteiger partial charge in [-0.15, -0.1) is 0 Å². The molecule has 1 aromatic heterocycles. The van der Waals surface area contributed by atoms with Gasteiger partial charge in [-0.05, 0) is 24.1 Å². The number of rotatable bonds is 12. The number of nitrogens with one attached hydrogen (secondary N) is 3. The van der Waals surface area contributed by atoms with Gasteiger partial charge in [0.2, 0.25) is 11.8 Å². The normalized spacial score (nSPS) is 11.2. The van der Waals surface area contributed by atoms with Crippen molar-refractivity contribution < 1.29 is 24.4 Å². The van der Waals surface area contributed by atoms with Crippen LogP contribution in [0.25, 0.3) is 0 Å². The molecule has 0 aliphatic rings. The molecule has 0 saturated heterocycles. The van der Waals surface area contributed by atoms with Crippen molar-refractivity contribution in [2.45, 2.75) is 25.3 Å². The van der Waals surface area contributed by atoms with E-state index in [2.05, 4.69) is 20.9 Å². The molecule has 0 aliphatic carbocycles. The van der Waals surface area contributed by atoms with Crippen molar-refractivity contribution in [2.75, 3.05) is 18.4 Å². The molecular weight excluding hydrogens is 406 g/mol. The van der Waals surface area contributed by atoms with Crippen LogP contribution < -0.4 is 16.0 Å². The largest absolute Gasteiger partial charge is 0.481 e. The molecule has 1 heterocycles. The number of carboxylic acids is 1. The number of aromatic nitrogens is 1. The Labute approximate surface area is 178 Å². The third-order valence-corrected chi connectivity index (χ3v) is 4.20. The fourth-order valence-corrected chi connectivity index (χ4v) is 2.73. The van der Waals surface area contributed by atoms with Crippen LogP contribution in [0, 0.1) is 10.1 Å². The van der Waals surface area contributed by atoms with E-state index >= 15 is 0 Å². The predicted octanol–water partition coefficient (Wildman–Crippen LogP) is 1.63. The molecule has 11 nitrogen and oxygen atoms in total. The molecule has 2 amide bonds. The fourth-order valence-electron chi connectivity index (χ4n) is 2.73. The number of hydrogen-bond acceptors (Lipinski definition) is 7. The highest BCUT2D eigenvalue weighted by atomic mass is 16.6. The van der Waals surface area contributed by atoms with Crippen LogP contribution >= 0.6 is 0 Å².